The summed E-state index contributed by atoms with van der Waals surface area (Å²) in [6, 6.07) is 5.64. The largest absolute Gasteiger partial charge is 0.356 e. The number of pyridine rings is 1. The lowest BCUT2D eigenvalue weighted by molar-refractivity contribution is 0.479. The van der Waals surface area contributed by atoms with Crippen molar-refractivity contribution in [3.05, 3.63) is 34.7 Å². The van der Waals surface area contributed by atoms with Crippen LogP contribution in [0.15, 0.2) is 34.2 Å². The molecule has 1 atom stereocenters. The van der Waals surface area contributed by atoms with Crippen LogP contribution in [0.25, 0.3) is 0 Å². The Hall–Kier alpha value is -1.05. The van der Waals surface area contributed by atoms with Crippen LogP contribution < -0.4 is 16.2 Å². The van der Waals surface area contributed by atoms with Gasteiger partial charge in [0, 0.05) is 38.4 Å². The van der Waals surface area contributed by atoms with Crippen molar-refractivity contribution >= 4 is 29.9 Å². The normalized spacial score (nSPS) is 12.7. The van der Waals surface area contributed by atoms with Crippen molar-refractivity contribution in [1.82, 2.24) is 15.2 Å². The molecule has 1 aromatic rings. The Bertz CT molecular complexity index is 499. The van der Waals surface area contributed by atoms with Crippen molar-refractivity contribution < 1.29 is 0 Å². The summed E-state index contributed by atoms with van der Waals surface area (Å²) in [4.78, 5) is 15.8. The zero-order valence-electron chi connectivity index (χ0n) is 14.0. The number of guanidine groups is 1. The summed E-state index contributed by atoms with van der Waals surface area (Å²) < 4.78 is 1.74. The molecule has 0 fully saturated rings. The van der Waals surface area contributed by atoms with E-state index in [0.717, 1.165) is 31.9 Å². The third-order valence-electron chi connectivity index (χ3n) is 3.61. The third-order valence-corrected chi connectivity index (χ3v) is 3.61. The number of halogens is 1. The van der Waals surface area contributed by atoms with Gasteiger partial charge in [0.1, 0.15) is 0 Å². The molecule has 2 N–H and O–H groups in total. The summed E-state index contributed by atoms with van der Waals surface area (Å²) in [6.45, 7) is 8.13. The lowest BCUT2D eigenvalue weighted by Gasteiger charge is -2.20. The van der Waals surface area contributed by atoms with E-state index in [-0.39, 0.29) is 29.5 Å². The Labute approximate surface area is 150 Å². The second kappa shape index (κ2) is 11.5. The molecule has 0 saturated heterocycles. The van der Waals surface area contributed by atoms with Crippen LogP contribution in [0.2, 0.25) is 0 Å². The molecule has 0 aliphatic rings. The molecule has 126 valence electrons. The molecule has 22 heavy (non-hydrogen) atoms. The molecule has 0 amide bonds. The number of nitrogens with zero attached hydrogens (tertiary/aromatic N) is 2. The predicted molar refractivity (Wildman–Crippen MR) is 104 cm³/mol. The summed E-state index contributed by atoms with van der Waals surface area (Å²) in [5, 5.41) is 6.68. The number of aliphatic imine (C=N–C) groups is 1. The molecule has 6 heteroatoms. The average molecular weight is 420 g/mol. The van der Waals surface area contributed by atoms with E-state index in [9.17, 15) is 4.79 Å². The molecule has 0 aromatic carbocycles. The molecule has 0 spiro atoms. The standard InChI is InChI=1S/C16H28N4O.HI/c1-13(2)14(3)19-16(17-4)18-10-6-8-12-20-11-7-5-9-15(20)21;/h5,7,9,11,13-14H,6,8,10,12H2,1-4H3,(H2,17,18,19);1H. The van der Waals surface area contributed by atoms with Gasteiger partial charge >= 0.3 is 0 Å². The lowest BCUT2D eigenvalue weighted by atomic mass is 10.1. The number of hydrogen-bond donors (Lipinski definition) is 2. The number of aryl methyl sites for hydroxylation is 1. The van der Waals surface area contributed by atoms with E-state index in [2.05, 4.69) is 36.4 Å². The minimum absolute atomic E-state index is 0. The van der Waals surface area contributed by atoms with Crippen molar-refractivity contribution in [3.8, 4) is 0 Å². The van der Waals surface area contributed by atoms with Crippen LogP contribution in [0.5, 0.6) is 0 Å². The van der Waals surface area contributed by atoms with Gasteiger partial charge in [-0.25, -0.2) is 0 Å². The van der Waals surface area contributed by atoms with Crippen molar-refractivity contribution in [2.45, 2.75) is 46.2 Å². The van der Waals surface area contributed by atoms with Crippen molar-refractivity contribution in [2.75, 3.05) is 13.6 Å². The van der Waals surface area contributed by atoms with Gasteiger partial charge in [0.15, 0.2) is 5.96 Å². The van der Waals surface area contributed by atoms with Gasteiger partial charge in [-0.05, 0) is 31.7 Å². The summed E-state index contributed by atoms with van der Waals surface area (Å²) >= 11 is 0. The maximum Gasteiger partial charge on any atom is 0.250 e. The van der Waals surface area contributed by atoms with E-state index in [1.807, 2.05) is 12.3 Å². The molecule has 0 bridgehead atoms. The Kier molecular flexibility index (Phi) is 11.0. The van der Waals surface area contributed by atoms with Crippen LogP contribution >= 0.6 is 24.0 Å². The molecular weight excluding hydrogens is 391 g/mol. The molecule has 1 unspecified atom stereocenters. The minimum Gasteiger partial charge on any atom is -0.356 e. The Morgan fingerprint density at radius 1 is 1.27 bits per heavy atom. The van der Waals surface area contributed by atoms with Gasteiger partial charge in [-0.1, -0.05) is 19.9 Å². The first kappa shape index (κ1) is 20.9. The number of rotatable bonds is 7. The number of aromatic nitrogens is 1. The molecule has 0 aliphatic carbocycles. The first-order chi connectivity index (χ1) is 10.0. The van der Waals surface area contributed by atoms with E-state index < -0.39 is 0 Å². The SMILES string of the molecule is CN=C(NCCCCn1ccccc1=O)NC(C)C(C)C.I. The first-order valence-corrected chi connectivity index (χ1v) is 7.67. The van der Waals surface area contributed by atoms with Crippen molar-refractivity contribution in [2.24, 2.45) is 10.9 Å². The molecule has 0 radical (unpaired) electrons. The fourth-order valence-electron chi connectivity index (χ4n) is 1.84. The summed E-state index contributed by atoms with van der Waals surface area (Å²) in [6.07, 6.45) is 3.80. The highest BCUT2D eigenvalue weighted by Crippen LogP contribution is 1.99. The average Bonchev–Trinajstić information content (AvgIpc) is 2.47. The molecule has 5 nitrogen and oxygen atoms in total. The predicted octanol–water partition coefficient (Wildman–Crippen LogP) is 2.46. The molecule has 0 aliphatic heterocycles. The van der Waals surface area contributed by atoms with Crippen LogP contribution in [0.1, 0.15) is 33.6 Å². The highest BCUT2D eigenvalue weighted by atomic mass is 127. The fraction of sp³-hybridized carbons (Fsp3) is 0.625. The third kappa shape index (κ3) is 7.82. The number of unbranched alkanes of at least 4 members (excludes halogenated alkanes) is 1. The monoisotopic (exact) mass is 420 g/mol. The quantitative estimate of drug-likeness (QED) is 0.309. The molecule has 1 aromatic heterocycles. The van der Waals surface area contributed by atoms with Crippen molar-refractivity contribution in [1.29, 1.82) is 0 Å². The zero-order valence-corrected chi connectivity index (χ0v) is 16.3. The second-order valence-electron chi connectivity index (χ2n) is 5.62. The number of hydrogen-bond acceptors (Lipinski definition) is 2. The Morgan fingerprint density at radius 2 is 2.00 bits per heavy atom. The van der Waals surface area contributed by atoms with Crippen LogP contribution in [0, 0.1) is 5.92 Å². The van der Waals surface area contributed by atoms with Gasteiger partial charge < -0.3 is 15.2 Å². The molecular formula is C16H29IN4O. The van der Waals surface area contributed by atoms with Crippen LogP contribution in [-0.4, -0.2) is 30.2 Å². The minimum atomic E-state index is 0. The fourth-order valence-corrected chi connectivity index (χ4v) is 1.84. The van der Waals surface area contributed by atoms with E-state index in [4.69, 9.17) is 0 Å². The number of nitrogens with one attached hydrogen (secondary N) is 2. The van der Waals surface area contributed by atoms with E-state index in [1.54, 1.807) is 23.7 Å². The van der Waals surface area contributed by atoms with Crippen LogP contribution in [0.3, 0.4) is 0 Å². The van der Waals surface area contributed by atoms with E-state index in [0.29, 0.717) is 12.0 Å². The summed E-state index contributed by atoms with van der Waals surface area (Å²) in [5.74, 6) is 1.40. The first-order valence-electron chi connectivity index (χ1n) is 7.67. The smallest absolute Gasteiger partial charge is 0.250 e. The Balaban J connectivity index is 0.00000441. The second-order valence-corrected chi connectivity index (χ2v) is 5.62. The highest BCUT2D eigenvalue weighted by molar-refractivity contribution is 14.0. The van der Waals surface area contributed by atoms with Gasteiger partial charge in [0.25, 0.3) is 0 Å². The Morgan fingerprint density at radius 3 is 2.59 bits per heavy atom. The van der Waals surface area contributed by atoms with E-state index in [1.165, 1.54) is 0 Å². The maximum atomic E-state index is 11.5. The molecule has 1 rings (SSSR count). The van der Waals surface area contributed by atoms with Crippen molar-refractivity contribution in [3.63, 3.8) is 0 Å². The molecule has 0 saturated carbocycles. The van der Waals surface area contributed by atoms with E-state index >= 15 is 0 Å². The lowest BCUT2D eigenvalue weighted by Crippen LogP contribution is -2.44. The van der Waals surface area contributed by atoms with Gasteiger partial charge in [-0.3, -0.25) is 9.79 Å². The maximum absolute atomic E-state index is 11.5. The van der Waals surface area contributed by atoms with Crippen LogP contribution in [0.4, 0.5) is 0 Å². The van der Waals surface area contributed by atoms with Crippen LogP contribution in [-0.2, 0) is 6.54 Å². The summed E-state index contributed by atoms with van der Waals surface area (Å²) in [5.41, 5.74) is 0.0636. The zero-order chi connectivity index (χ0) is 15.7. The highest BCUT2D eigenvalue weighted by Gasteiger charge is 2.08. The topological polar surface area (TPSA) is 58.4 Å². The van der Waals surface area contributed by atoms with Gasteiger partial charge in [0.05, 0.1) is 0 Å². The van der Waals surface area contributed by atoms with Gasteiger partial charge in [-0.2, -0.15) is 0 Å². The van der Waals surface area contributed by atoms with Gasteiger partial charge in [-0.15, -0.1) is 24.0 Å². The van der Waals surface area contributed by atoms with Gasteiger partial charge in [0.2, 0.25) is 5.56 Å². The molecule has 1 heterocycles. The summed E-state index contributed by atoms with van der Waals surface area (Å²) in [7, 11) is 1.78.